The molecular weight excluding hydrogens is 406 g/mol. The summed E-state index contributed by atoms with van der Waals surface area (Å²) in [6, 6.07) is 16.7. The Morgan fingerprint density at radius 3 is 2.38 bits per heavy atom. The number of nitrogens with one attached hydrogen (secondary N) is 1. The predicted molar refractivity (Wildman–Crippen MR) is 125 cm³/mol. The molecule has 7 heteroatoms. The zero-order chi connectivity index (χ0) is 23.1. The number of nitrogens with zero attached hydrogens (tertiary/aromatic N) is 2. The molecule has 172 valence electrons. The van der Waals surface area contributed by atoms with Crippen LogP contribution < -0.4 is 10.1 Å². The fourth-order valence-corrected chi connectivity index (χ4v) is 3.63. The highest BCUT2D eigenvalue weighted by atomic mass is 16.6. The average Bonchev–Trinajstić information content (AvgIpc) is 2.75. The monoisotopic (exact) mass is 439 g/mol. The Bertz CT molecular complexity index is 894. The van der Waals surface area contributed by atoms with Crippen LogP contribution in [0.5, 0.6) is 11.5 Å². The molecule has 32 heavy (non-hydrogen) atoms. The molecule has 0 aromatic heterocycles. The van der Waals surface area contributed by atoms with Gasteiger partial charge in [-0.05, 0) is 75.9 Å². The Labute approximate surface area is 190 Å². The Kier molecular flexibility index (Phi) is 7.62. The van der Waals surface area contributed by atoms with Crippen molar-refractivity contribution in [1.82, 2.24) is 9.80 Å². The van der Waals surface area contributed by atoms with Crippen LogP contribution in [0.4, 0.5) is 15.3 Å². The minimum atomic E-state index is -0.522. The molecule has 1 heterocycles. The normalized spacial score (nSPS) is 16.2. The number of benzene rings is 2. The SMILES string of the molecule is CN(CC1CCCN(C(=O)Nc2ccc(Oc3ccccc3)cc2)C1)C(=O)OC(C)(C)C. The van der Waals surface area contributed by atoms with Crippen LogP contribution in [-0.2, 0) is 4.74 Å². The number of ether oxygens (including phenoxy) is 2. The molecule has 2 aromatic rings. The minimum absolute atomic E-state index is 0.133. The number of para-hydroxylation sites is 1. The summed E-state index contributed by atoms with van der Waals surface area (Å²) in [4.78, 5) is 28.4. The summed E-state index contributed by atoms with van der Waals surface area (Å²) in [5.41, 5.74) is 0.189. The second-order valence-electron chi connectivity index (χ2n) is 9.18. The van der Waals surface area contributed by atoms with Crippen molar-refractivity contribution in [3.05, 3.63) is 54.6 Å². The third kappa shape index (κ3) is 7.18. The first kappa shape index (κ1) is 23.4. The number of likely N-dealkylation sites (tertiary alicyclic amines) is 1. The third-order valence-electron chi connectivity index (χ3n) is 5.13. The van der Waals surface area contributed by atoms with Crippen molar-refractivity contribution < 1.29 is 19.1 Å². The summed E-state index contributed by atoms with van der Waals surface area (Å²) < 4.78 is 11.2. The maximum absolute atomic E-state index is 12.8. The molecule has 1 aliphatic rings. The largest absolute Gasteiger partial charge is 0.457 e. The van der Waals surface area contributed by atoms with Gasteiger partial charge in [-0.2, -0.15) is 0 Å². The van der Waals surface area contributed by atoms with E-state index in [-0.39, 0.29) is 18.0 Å². The lowest BCUT2D eigenvalue weighted by Gasteiger charge is -2.35. The van der Waals surface area contributed by atoms with Crippen LogP contribution in [0.1, 0.15) is 33.6 Å². The van der Waals surface area contributed by atoms with E-state index in [1.54, 1.807) is 11.9 Å². The fourth-order valence-electron chi connectivity index (χ4n) is 3.63. The van der Waals surface area contributed by atoms with Gasteiger partial charge in [0.05, 0.1) is 0 Å². The van der Waals surface area contributed by atoms with Gasteiger partial charge in [-0.3, -0.25) is 0 Å². The maximum Gasteiger partial charge on any atom is 0.410 e. The lowest BCUT2D eigenvalue weighted by Crippen LogP contribution is -2.46. The number of carbonyl (C=O) groups excluding carboxylic acids is 2. The van der Waals surface area contributed by atoms with E-state index in [0.29, 0.717) is 31.1 Å². The van der Waals surface area contributed by atoms with Crippen LogP contribution in [0.15, 0.2) is 54.6 Å². The van der Waals surface area contributed by atoms with Crippen molar-refractivity contribution in [3.8, 4) is 11.5 Å². The van der Waals surface area contributed by atoms with Crippen molar-refractivity contribution in [3.63, 3.8) is 0 Å². The standard InChI is InChI=1S/C25H33N3O4/c1-25(2,3)32-24(30)27(4)17-19-9-8-16-28(18-19)23(29)26-20-12-14-22(15-13-20)31-21-10-6-5-7-11-21/h5-7,10-15,19H,8-9,16-18H2,1-4H3,(H,26,29). The smallest absolute Gasteiger partial charge is 0.410 e. The van der Waals surface area contributed by atoms with E-state index in [1.807, 2.05) is 80.3 Å². The molecule has 0 bridgehead atoms. The van der Waals surface area contributed by atoms with E-state index in [9.17, 15) is 9.59 Å². The van der Waals surface area contributed by atoms with Gasteiger partial charge < -0.3 is 24.6 Å². The summed E-state index contributed by atoms with van der Waals surface area (Å²) in [7, 11) is 1.74. The lowest BCUT2D eigenvalue weighted by atomic mass is 9.98. The Balaban J connectivity index is 1.50. The van der Waals surface area contributed by atoms with Gasteiger partial charge in [0.15, 0.2) is 0 Å². The number of carbonyl (C=O) groups is 2. The second kappa shape index (κ2) is 10.4. The first-order chi connectivity index (χ1) is 15.2. The van der Waals surface area contributed by atoms with Gasteiger partial charge in [0.25, 0.3) is 0 Å². The fraction of sp³-hybridized carbons (Fsp3) is 0.440. The Hall–Kier alpha value is -3.22. The summed E-state index contributed by atoms with van der Waals surface area (Å²) in [5, 5.41) is 2.96. The molecule has 0 aliphatic carbocycles. The molecule has 1 fully saturated rings. The zero-order valence-electron chi connectivity index (χ0n) is 19.3. The molecule has 7 nitrogen and oxygen atoms in total. The van der Waals surface area contributed by atoms with Crippen molar-refractivity contribution in [2.45, 2.75) is 39.2 Å². The Morgan fingerprint density at radius 2 is 1.72 bits per heavy atom. The molecule has 0 saturated carbocycles. The summed E-state index contributed by atoms with van der Waals surface area (Å²) in [6.07, 6.45) is 1.55. The number of amides is 3. The summed E-state index contributed by atoms with van der Waals surface area (Å²) in [5.74, 6) is 1.69. The molecule has 3 amide bonds. The van der Waals surface area contributed by atoms with Gasteiger partial charge in [-0.25, -0.2) is 9.59 Å². The van der Waals surface area contributed by atoms with Crippen LogP contribution >= 0.6 is 0 Å². The Morgan fingerprint density at radius 1 is 1.06 bits per heavy atom. The predicted octanol–water partition coefficient (Wildman–Crippen LogP) is 5.59. The molecule has 0 spiro atoms. The first-order valence-corrected chi connectivity index (χ1v) is 11.0. The molecule has 3 rings (SSSR count). The van der Waals surface area contributed by atoms with Gasteiger partial charge in [-0.1, -0.05) is 18.2 Å². The van der Waals surface area contributed by atoms with Crippen LogP contribution in [-0.4, -0.2) is 54.2 Å². The number of piperidine rings is 1. The zero-order valence-corrected chi connectivity index (χ0v) is 19.3. The van der Waals surface area contributed by atoms with E-state index < -0.39 is 5.60 Å². The van der Waals surface area contributed by atoms with Crippen molar-refractivity contribution in [2.75, 3.05) is 32.0 Å². The van der Waals surface area contributed by atoms with E-state index in [0.717, 1.165) is 18.6 Å². The number of anilines is 1. The minimum Gasteiger partial charge on any atom is -0.457 e. The lowest BCUT2D eigenvalue weighted by molar-refractivity contribution is 0.0253. The number of hydrogen-bond donors (Lipinski definition) is 1. The van der Waals surface area contributed by atoms with E-state index in [1.165, 1.54) is 0 Å². The van der Waals surface area contributed by atoms with Crippen molar-refractivity contribution in [2.24, 2.45) is 5.92 Å². The van der Waals surface area contributed by atoms with Gasteiger partial charge in [0, 0.05) is 32.4 Å². The quantitative estimate of drug-likeness (QED) is 0.659. The molecule has 1 atom stereocenters. The molecule has 1 unspecified atom stereocenters. The van der Waals surface area contributed by atoms with E-state index in [4.69, 9.17) is 9.47 Å². The van der Waals surface area contributed by atoms with Crippen LogP contribution in [0.3, 0.4) is 0 Å². The maximum atomic E-state index is 12.8. The van der Waals surface area contributed by atoms with Gasteiger partial charge in [0.1, 0.15) is 17.1 Å². The van der Waals surface area contributed by atoms with E-state index in [2.05, 4.69) is 5.32 Å². The summed E-state index contributed by atoms with van der Waals surface area (Å²) >= 11 is 0. The first-order valence-electron chi connectivity index (χ1n) is 11.0. The highest BCUT2D eigenvalue weighted by Crippen LogP contribution is 2.24. The van der Waals surface area contributed by atoms with Crippen molar-refractivity contribution >= 4 is 17.8 Å². The average molecular weight is 440 g/mol. The number of rotatable bonds is 5. The molecule has 0 radical (unpaired) electrons. The molecule has 1 aliphatic heterocycles. The van der Waals surface area contributed by atoms with Crippen LogP contribution in [0, 0.1) is 5.92 Å². The molecular formula is C25H33N3O4. The molecule has 1 N–H and O–H groups in total. The van der Waals surface area contributed by atoms with Gasteiger partial charge >= 0.3 is 12.1 Å². The van der Waals surface area contributed by atoms with E-state index >= 15 is 0 Å². The second-order valence-corrected chi connectivity index (χ2v) is 9.18. The summed E-state index contributed by atoms with van der Waals surface area (Å²) in [6.45, 7) is 7.43. The van der Waals surface area contributed by atoms with Crippen LogP contribution in [0.2, 0.25) is 0 Å². The molecule has 2 aromatic carbocycles. The highest BCUT2D eigenvalue weighted by molar-refractivity contribution is 5.89. The van der Waals surface area contributed by atoms with Crippen LogP contribution in [0.25, 0.3) is 0 Å². The van der Waals surface area contributed by atoms with Gasteiger partial charge in [-0.15, -0.1) is 0 Å². The third-order valence-corrected chi connectivity index (χ3v) is 5.13. The highest BCUT2D eigenvalue weighted by Gasteiger charge is 2.27. The van der Waals surface area contributed by atoms with Gasteiger partial charge in [0.2, 0.25) is 0 Å². The van der Waals surface area contributed by atoms with Crippen molar-refractivity contribution in [1.29, 1.82) is 0 Å². The number of hydrogen-bond acceptors (Lipinski definition) is 4. The topological polar surface area (TPSA) is 71.1 Å². The number of urea groups is 1. The molecule has 1 saturated heterocycles.